The second kappa shape index (κ2) is 8.08. The molecule has 3 aromatic rings. The minimum absolute atomic E-state index is 0.0387. The lowest BCUT2D eigenvalue weighted by Gasteiger charge is -2.44. The van der Waals surface area contributed by atoms with Crippen LogP contribution in [0.4, 0.5) is 5.69 Å². The molecule has 0 bridgehead atoms. The van der Waals surface area contributed by atoms with Gasteiger partial charge in [0.15, 0.2) is 5.78 Å². The lowest BCUT2D eigenvalue weighted by atomic mass is 9.59. The number of carbonyl (C=O) groups excluding carboxylic acids is 1. The Kier molecular flexibility index (Phi) is 5.10. The summed E-state index contributed by atoms with van der Waals surface area (Å²) in [6.07, 6.45) is 5.88. The van der Waals surface area contributed by atoms with Crippen molar-refractivity contribution in [3.05, 3.63) is 111 Å². The van der Waals surface area contributed by atoms with E-state index in [1.807, 2.05) is 18.2 Å². The van der Waals surface area contributed by atoms with Crippen LogP contribution in [0, 0.1) is 10.1 Å². The van der Waals surface area contributed by atoms with Crippen molar-refractivity contribution < 1.29 is 14.5 Å². The van der Waals surface area contributed by atoms with Gasteiger partial charge in [0.2, 0.25) is 0 Å². The first-order valence-corrected chi connectivity index (χ1v) is 10.9. The predicted molar refractivity (Wildman–Crippen MR) is 122 cm³/mol. The molecule has 0 fully saturated rings. The number of nitro benzene ring substituents is 1. The molecule has 0 amide bonds. The maximum atomic E-state index is 12.2. The molecule has 0 aliphatic heterocycles. The highest BCUT2D eigenvalue weighted by Crippen LogP contribution is 2.49. The monoisotopic (exact) mass is 425 g/mol. The fourth-order valence-electron chi connectivity index (χ4n) is 5.11. The number of nitrogens with zero attached hydrogens (tertiary/aromatic N) is 1. The van der Waals surface area contributed by atoms with E-state index in [-0.39, 0.29) is 16.9 Å². The number of ketones is 1. The van der Waals surface area contributed by atoms with Crippen LogP contribution in [0.15, 0.2) is 84.4 Å². The molecule has 2 aliphatic carbocycles. The highest BCUT2D eigenvalue weighted by Gasteiger charge is 2.42. The van der Waals surface area contributed by atoms with Crippen molar-refractivity contribution in [3.63, 3.8) is 0 Å². The predicted octanol–water partition coefficient (Wildman–Crippen LogP) is 6.10. The van der Waals surface area contributed by atoms with Crippen LogP contribution in [-0.2, 0) is 23.1 Å². The molecule has 2 aliphatic rings. The summed E-state index contributed by atoms with van der Waals surface area (Å²) in [5.74, 6) is 1.51. The van der Waals surface area contributed by atoms with Crippen molar-refractivity contribution in [2.24, 2.45) is 0 Å². The molecular weight excluding hydrogens is 402 g/mol. The van der Waals surface area contributed by atoms with E-state index in [1.54, 1.807) is 12.1 Å². The zero-order valence-electron chi connectivity index (χ0n) is 17.6. The Balaban J connectivity index is 1.49. The maximum absolute atomic E-state index is 12.2. The Bertz CT molecular complexity index is 1210. The van der Waals surface area contributed by atoms with Gasteiger partial charge in [-0.15, -0.1) is 0 Å². The van der Waals surface area contributed by atoms with E-state index < -0.39 is 4.92 Å². The molecule has 0 unspecified atom stereocenters. The number of hydrogen-bond donors (Lipinski definition) is 0. The first kappa shape index (κ1) is 20.2. The van der Waals surface area contributed by atoms with Gasteiger partial charge in [0, 0.05) is 24.0 Å². The van der Waals surface area contributed by atoms with Crippen LogP contribution >= 0.6 is 0 Å². The molecular formula is C27H23NO4. The third-order valence-corrected chi connectivity index (χ3v) is 6.64. The quantitative estimate of drug-likeness (QED) is 0.366. The number of rotatable bonds is 5. The summed E-state index contributed by atoms with van der Waals surface area (Å²) in [6, 6.07) is 22.8. The Hall–Kier alpha value is -3.73. The van der Waals surface area contributed by atoms with Crippen molar-refractivity contribution in [3.8, 4) is 11.5 Å². The molecule has 0 heterocycles. The maximum Gasteiger partial charge on any atom is 0.269 e. The van der Waals surface area contributed by atoms with Gasteiger partial charge >= 0.3 is 0 Å². The minimum atomic E-state index is -0.422. The van der Waals surface area contributed by atoms with Crippen molar-refractivity contribution in [1.82, 2.24) is 0 Å². The molecule has 5 nitrogen and oxygen atoms in total. The summed E-state index contributed by atoms with van der Waals surface area (Å²) in [4.78, 5) is 22.7. The normalized spacial score (nSPS) is 19.5. The van der Waals surface area contributed by atoms with Gasteiger partial charge in [0.1, 0.15) is 11.5 Å². The molecule has 0 aromatic heterocycles. The molecule has 5 rings (SSSR count). The minimum Gasteiger partial charge on any atom is -0.457 e. The highest BCUT2D eigenvalue weighted by molar-refractivity contribution is 5.92. The van der Waals surface area contributed by atoms with E-state index in [0.29, 0.717) is 17.9 Å². The second-order valence-corrected chi connectivity index (χ2v) is 8.55. The molecule has 5 heteroatoms. The molecule has 3 aromatic carbocycles. The number of hydrogen-bond acceptors (Lipinski definition) is 4. The molecule has 1 atom stereocenters. The second-order valence-electron chi connectivity index (χ2n) is 8.55. The summed E-state index contributed by atoms with van der Waals surface area (Å²) in [6.45, 7) is 0. The summed E-state index contributed by atoms with van der Waals surface area (Å²) in [5, 5.41) is 10.9. The van der Waals surface area contributed by atoms with Gasteiger partial charge in [0.05, 0.1) is 4.92 Å². The molecule has 0 spiro atoms. The number of fused-ring (bicyclic) bond motifs is 3. The first-order chi connectivity index (χ1) is 15.5. The van der Waals surface area contributed by atoms with E-state index in [2.05, 4.69) is 36.4 Å². The van der Waals surface area contributed by atoms with E-state index in [9.17, 15) is 14.9 Å². The topological polar surface area (TPSA) is 69.4 Å². The van der Waals surface area contributed by atoms with Gasteiger partial charge in [-0.05, 0) is 72.7 Å². The van der Waals surface area contributed by atoms with E-state index >= 15 is 0 Å². The third-order valence-electron chi connectivity index (χ3n) is 6.64. The molecule has 0 saturated carbocycles. The number of allylic oxidation sites excluding steroid dienone is 2. The molecule has 0 saturated heterocycles. The Morgan fingerprint density at radius 2 is 1.66 bits per heavy atom. The van der Waals surface area contributed by atoms with Gasteiger partial charge in [-0.3, -0.25) is 14.9 Å². The molecule has 160 valence electrons. The number of benzene rings is 3. The summed E-state index contributed by atoms with van der Waals surface area (Å²) >= 11 is 0. The van der Waals surface area contributed by atoms with Crippen LogP contribution in [0.2, 0.25) is 0 Å². The summed E-state index contributed by atoms with van der Waals surface area (Å²) in [5.41, 5.74) is 4.92. The fourth-order valence-corrected chi connectivity index (χ4v) is 5.11. The Morgan fingerprint density at radius 1 is 0.906 bits per heavy atom. The van der Waals surface area contributed by atoms with Crippen LogP contribution in [-0.4, -0.2) is 10.7 Å². The van der Waals surface area contributed by atoms with Gasteiger partial charge in [-0.2, -0.15) is 0 Å². The third kappa shape index (κ3) is 3.71. The molecule has 0 N–H and O–H groups in total. The van der Waals surface area contributed by atoms with E-state index in [1.165, 1.54) is 34.4 Å². The Labute approximate surface area is 186 Å². The molecule has 32 heavy (non-hydrogen) atoms. The lowest BCUT2D eigenvalue weighted by molar-refractivity contribution is -0.384. The average Bonchev–Trinajstić information content (AvgIpc) is 2.80. The van der Waals surface area contributed by atoms with Crippen LogP contribution in [0.1, 0.15) is 36.0 Å². The van der Waals surface area contributed by atoms with Gasteiger partial charge in [-0.25, -0.2) is 0 Å². The fraction of sp³-hybridized carbons (Fsp3) is 0.222. The van der Waals surface area contributed by atoms with Gasteiger partial charge in [0.25, 0.3) is 5.69 Å². The average molecular weight is 425 g/mol. The standard InChI is InChI=1S/C27H23NO4/c29-23-14-15-27(18-19-4-2-1-3-5-19)21(17-23)7-6-20-16-25(12-13-26(20)27)32-24-10-8-22(9-11-24)28(30)31/h1-5,8-13,16-17H,6-7,14-15,18H2/t27-/m1/s1. The van der Waals surface area contributed by atoms with Crippen molar-refractivity contribution in [1.29, 1.82) is 0 Å². The largest absolute Gasteiger partial charge is 0.457 e. The van der Waals surface area contributed by atoms with Crippen molar-refractivity contribution >= 4 is 11.5 Å². The zero-order chi connectivity index (χ0) is 22.1. The number of nitro groups is 1. The smallest absolute Gasteiger partial charge is 0.269 e. The van der Waals surface area contributed by atoms with Crippen LogP contribution in [0.3, 0.4) is 0 Å². The molecule has 0 radical (unpaired) electrons. The number of aryl methyl sites for hydroxylation is 1. The lowest BCUT2D eigenvalue weighted by Crippen LogP contribution is -2.39. The van der Waals surface area contributed by atoms with E-state index in [4.69, 9.17) is 4.74 Å². The van der Waals surface area contributed by atoms with Crippen LogP contribution < -0.4 is 4.74 Å². The Morgan fingerprint density at radius 3 is 2.41 bits per heavy atom. The number of ether oxygens (including phenoxy) is 1. The number of non-ortho nitro benzene ring substituents is 1. The highest BCUT2D eigenvalue weighted by atomic mass is 16.6. The van der Waals surface area contributed by atoms with Gasteiger partial charge in [-0.1, -0.05) is 42.0 Å². The van der Waals surface area contributed by atoms with Gasteiger partial charge < -0.3 is 4.74 Å². The zero-order valence-corrected chi connectivity index (χ0v) is 17.6. The number of carbonyl (C=O) groups is 1. The van der Waals surface area contributed by atoms with Crippen molar-refractivity contribution in [2.45, 2.75) is 37.5 Å². The first-order valence-electron chi connectivity index (χ1n) is 10.9. The summed E-state index contributed by atoms with van der Waals surface area (Å²) in [7, 11) is 0. The SMILES string of the molecule is O=C1C=C2CCc3cc(Oc4ccc([N+](=O)[O-])cc4)ccc3[C@@]2(Cc2ccccc2)CC1. The summed E-state index contributed by atoms with van der Waals surface area (Å²) < 4.78 is 5.99. The van der Waals surface area contributed by atoms with Crippen LogP contribution in [0.25, 0.3) is 0 Å². The van der Waals surface area contributed by atoms with E-state index in [0.717, 1.165) is 25.7 Å². The van der Waals surface area contributed by atoms with Crippen molar-refractivity contribution in [2.75, 3.05) is 0 Å². The van der Waals surface area contributed by atoms with Crippen LogP contribution in [0.5, 0.6) is 11.5 Å².